The van der Waals surface area contributed by atoms with Gasteiger partial charge in [-0.2, -0.15) is 11.3 Å². The number of benzene rings is 1. The molecule has 32 heavy (non-hydrogen) atoms. The molecule has 0 radical (unpaired) electrons. The number of thiophene rings is 1. The first-order valence-electron chi connectivity index (χ1n) is 10.6. The van der Waals surface area contributed by atoms with E-state index in [1.54, 1.807) is 18.4 Å². The minimum Gasteiger partial charge on any atom is -0.493 e. The van der Waals surface area contributed by atoms with E-state index in [1.807, 2.05) is 47.4 Å². The third-order valence-electron chi connectivity index (χ3n) is 4.96. The van der Waals surface area contributed by atoms with Crippen molar-refractivity contribution in [1.82, 2.24) is 14.9 Å². The van der Waals surface area contributed by atoms with Crippen molar-refractivity contribution >= 4 is 17.2 Å². The molecule has 1 aromatic carbocycles. The normalized spacial score (nSPS) is 12.7. The summed E-state index contributed by atoms with van der Waals surface area (Å²) in [5, 5.41) is 7.04. The fourth-order valence-electron chi connectivity index (χ4n) is 3.52. The second-order valence-electron chi connectivity index (χ2n) is 9.25. The van der Waals surface area contributed by atoms with Gasteiger partial charge < -0.3 is 19.5 Å². The lowest BCUT2D eigenvalue weighted by molar-refractivity contribution is 0.0931. The molecule has 1 aliphatic rings. The number of rotatable bonds is 6. The van der Waals surface area contributed by atoms with Crippen LogP contribution in [0.4, 0.5) is 0 Å². The van der Waals surface area contributed by atoms with E-state index in [2.05, 4.69) is 26.1 Å². The van der Waals surface area contributed by atoms with Crippen molar-refractivity contribution in [3.05, 3.63) is 40.3 Å². The number of carbonyl (C=O) groups excluding carboxylic acids is 1. The lowest BCUT2D eigenvalue weighted by Crippen LogP contribution is -2.33. The Kier molecular flexibility index (Phi) is 5.90. The third-order valence-corrected chi connectivity index (χ3v) is 5.64. The number of aromatic nitrogens is 2. The smallest absolute Gasteiger partial charge is 0.271 e. The number of carbonyl (C=O) groups is 1. The molecule has 2 aromatic heterocycles. The summed E-state index contributed by atoms with van der Waals surface area (Å²) in [5.74, 6) is 2.36. The van der Waals surface area contributed by atoms with Crippen LogP contribution in [0.25, 0.3) is 17.1 Å². The van der Waals surface area contributed by atoms with Gasteiger partial charge in [-0.05, 0) is 30.7 Å². The maximum Gasteiger partial charge on any atom is 0.271 e. The van der Waals surface area contributed by atoms with E-state index in [0.29, 0.717) is 41.0 Å². The minimum absolute atomic E-state index is 0.0243. The number of methoxy groups -OCH3 is 1. The summed E-state index contributed by atoms with van der Waals surface area (Å²) in [6.45, 7) is 10.9. The number of nitrogens with one attached hydrogen (secondary N) is 1. The van der Waals surface area contributed by atoms with Crippen LogP contribution in [0.3, 0.4) is 0 Å². The van der Waals surface area contributed by atoms with Crippen LogP contribution < -0.4 is 19.5 Å². The van der Waals surface area contributed by atoms with Gasteiger partial charge in [0.2, 0.25) is 0 Å². The quantitative estimate of drug-likeness (QED) is 0.562. The predicted molar refractivity (Wildman–Crippen MR) is 125 cm³/mol. The number of amides is 1. The fourth-order valence-corrected chi connectivity index (χ4v) is 4.15. The fraction of sp³-hybridized carbons (Fsp3) is 0.417. The average molecular weight is 456 g/mol. The molecule has 0 fully saturated rings. The predicted octanol–water partition coefficient (Wildman–Crippen LogP) is 5.06. The van der Waals surface area contributed by atoms with E-state index < -0.39 is 0 Å². The second kappa shape index (κ2) is 8.50. The maximum atomic E-state index is 13.1. The Balaban J connectivity index is 1.86. The molecule has 4 rings (SSSR count). The summed E-state index contributed by atoms with van der Waals surface area (Å²) in [7, 11) is 1.61. The van der Waals surface area contributed by atoms with Crippen LogP contribution in [0, 0.1) is 5.41 Å². The molecule has 1 aliphatic heterocycles. The van der Waals surface area contributed by atoms with Crippen LogP contribution in [0.2, 0.25) is 0 Å². The molecular weight excluding hydrogens is 426 g/mol. The van der Waals surface area contributed by atoms with Gasteiger partial charge in [-0.1, -0.05) is 20.8 Å². The highest BCUT2D eigenvalue weighted by molar-refractivity contribution is 7.08. The van der Waals surface area contributed by atoms with Crippen LogP contribution in [-0.2, 0) is 6.61 Å². The Hall–Kier alpha value is -3.00. The molecule has 8 heteroatoms. The zero-order chi connectivity index (χ0) is 23.0. The Morgan fingerprint density at radius 2 is 2.09 bits per heavy atom. The zero-order valence-corrected chi connectivity index (χ0v) is 20.1. The van der Waals surface area contributed by atoms with Crippen LogP contribution in [-0.4, -0.2) is 35.2 Å². The number of fused-ring (bicyclic) bond motifs is 3. The van der Waals surface area contributed by atoms with Crippen molar-refractivity contribution in [3.63, 3.8) is 0 Å². The maximum absolute atomic E-state index is 13.1. The first-order chi connectivity index (χ1) is 15.2. The molecule has 170 valence electrons. The summed E-state index contributed by atoms with van der Waals surface area (Å²) in [4.78, 5) is 17.9. The molecule has 3 heterocycles. The van der Waals surface area contributed by atoms with Crippen molar-refractivity contribution in [1.29, 1.82) is 0 Å². The second-order valence-corrected chi connectivity index (χ2v) is 10.0. The average Bonchev–Trinajstić information content (AvgIpc) is 3.38. The first kappa shape index (κ1) is 22.2. The van der Waals surface area contributed by atoms with Gasteiger partial charge >= 0.3 is 0 Å². The molecule has 0 saturated carbocycles. The van der Waals surface area contributed by atoms with Crippen molar-refractivity contribution in [2.24, 2.45) is 5.41 Å². The Morgan fingerprint density at radius 1 is 1.31 bits per heavy atom. The van der Waals surface area contributed by atoms with E-state index >= 15 is 0 Å². The first-order valence-corrected chi connectivity index (χ1v) is 11.6. The van der Waals surface area contributed by atoms with Crippen molar-refractivity contribution in [3.8, 4) is 34.3 Å². The minimum atomic E-state index is -0.204. The molecule has 0 unspecified atom stereocenters. The van der Waals surface area contributed by atoms with E-state index in [0.717, 1.165) is 11.3 Å². The van der Waals surface area contributed by atoms with Gasteiger partial charge in [-0.15, -0.1) is 0 Å². The molecule has 0 spiro atoms. The molecule has 0 aliphatic carbocycles. The summed E-state index contributed by atoms with van der Waals surface area (Å²) in [6, 6.07) is 5.72. The largest absolute Gasteiger partial charge is 0.493 e. The van der Waals surface area contributed by atoms with Crippen molar-refractivity contribution in [2.45, 2.75) is 47.3 Å². The molecular formula is C24H29N3O4S. The Bertz CT molecular complexity index is 1130. The van der Waals surface area contributed by atoms with Gasteiger partial charge in [0.15, 0.2) is 17.2 Å². The Labute approximate surface area is 192 Å². The van der Waals surface area contributed by atoms with E-state index in [4.69, 9.17) is 19.2 Å². The van der Waals surface area contributed by atoms with Crippen LogP contribution in [0.5, 0.6) is 17.2 Å². The number of hydrogen-bond acceptors (Lipinski definition) is 6. The highest BCUT2D eigenvalue weighted by atomic mass is 32.1. The molecule has 1 N–H and O–H groups in total. The van der Waals surface area contributed by atoms with Crippen LogP contribution >= 0.6 is 11.3 Å². The molecule has 0 atom stereocenters. The summed E-state index contributed by atoms with van der Waals surface area (Å²) >= 11 is 1.59. The number of imidazole rings is 1. The van der Waals surface area contributed by atoms with Crippen LogP contribution in [0.15, 0.2) is 29.0 Å². The zero-order valence-electron chi connectivity index (χ0n) is 19.3. The molecule has 0 saturated heterocycles. The topological polar surface area (TPSA) is 74.6 Å². The monoisotopic (exact) mass is 455 g/mol. The van der Waals surface area contributed by atoms with Crippen molar-refractivity contribution < 1.29 is 19.0 Å². The van der Waals surface area contributed by atoms with E-state index in [-0.39, 0.29) is 24.0 Å². The van der Waals surface area contributed by atoms with Gasteiger partial charge in [0, 0.05) is 29.6 Å². The SMILES string of the molecule is COc1cc2c(cc1OC(C)C)-n1c(-c3ccsc3)nc(C(=O)NCC(C)(C)C)c1CO2. The molecule has 7 nitrogen and oxygen atoms in total. The molecule has 3 aromatic rings. The summed E-state index contributed by atoms with van der Waals surface area (Å²) in [6.07, 6.45) is -0.0243. The van der Waals surface area contributed by atoms with Crippen molar-refractivity contribution in [2.75, 3.05) is 13.7 Å². The van der Waals surface area contributed by atoms with Gasteiger partial charge in [0.05, 0.1) is 24.6 Å². The molecule has 1 amide bonds. The highest BCUT2D eigenvalue weighted by Crippen LogP contribution is 2.43. The van der Waals surface area contributed by atoms with Gasteiger partial charge in [-0.3, -0.25) is 9.36 Å². The van der Waals surface area contributed by atoms with E-state index in [1.165, 1.54) is 0 Å². The lowest BCUT2D eigenvalue weighted by Gasteiger charge is -2.24. The number of hydrogen-bond donors (Lipinski definition) is 1. The Morgan fingerprint density at radius 3 is 2.72 bits per heavy atom. The van der Waals surface area contributed by atoms with E-state index in [9.17, 15) is 4.79 Å². The molecule has 0 bridgehead atoms. The summed E-state index contributed by atoms with van der Waals surface area (Å²) < 4.78 is 19.5. The lowest BCUT2D eigenvalue weighted by atomic mass is 9.97. The van der Waals surface area contributed by atoms with Gasteiger partial charge in [0.25, 0.3) is 5.91 Å². The van der Waals surface area contributed by atoms with Crippen LogP contribution in [0.1, 0.15) is 50.8 Å². The van der Waals surface area contributed by atoms with Gasteiger partial charge in [0.1, 0.15) is 18.2 Å². The standard InChI is InChI=1S/C24H29N3O4S/c1-14(2)31-20-9-16-18(10-19(20)29-6)30-11-17-21(23(28)25-13-24(3,4)5)26-22(27(16)17)15-7-8-32-12-15/h7-10,12,14H,11,13H2,1-6H3,(H,25,28). The highest BCUT2D eigenvalue weighted by Gasteiger charge is 2.31. The van der Waals surface area contributed by atoms with Gasteiger partial charge in [-0.25, -0.2) is 4.98 Å². The number of ether oxygens (including phenoxy) is 3. The number of nitrogens with zero attached hydrogens (tertiary/aromatic N) is 2. The third kappa shape index (κ3) is 4.32. The summed E-state index contributed by atoms with van der Waals surface area (Å²) in [5.41, 5.74) is 2.77.